The lowest BCUT2D eigenvalue weighted by atomic mass is 9.99. The molecule has 1 heterocycles. The Hall–Kier alpha value is -3.40. The van der Waals surface area contributed by atoms with Crippen LogP contribution in [0.2, 0.25) is 0 Å². The number of aliphatic hydroxyl groups is 2. The fraction of sp³-hybridized carbons (Fsp3) is 0.797. The van der Waals surface area contributed by atoms with Crippen LogP contribution in [0.25, 0.3) is 0 Å². The fourth-order valence-electron chi connectivity index (χ4n) is 8.73. The van der Waals surface area contributed by atoms with Gasteiger partial charge in [-0.1, -0.05) is 179 Å². The van der Waals surface area contributed by atoms with Gasteiger partial charge in [-0.15, -0.1) is 0 Å². The highest BCUT2D eigenvalue weighted by molar-refractivity contribution is 5.89. The summed E-state index contributed by atoms with van der Waals surface area (Å²) in [7, 11) is 0. The van der Waals surface area contributed by atoms with Crippen molar-refractivity contribution in [1.82, 2.24) is 5.32 Å². The zero-order chi connectivity index (χ0) is 53.7. The zero-order valence-electron chi connectivity index (χ0n) is 46.7. The van der Waals surface area contributed by atoms with Crippen LogP contribution in [0, 0.1) is 0 Å². The minimum Gasteiger partial charge on any atom is -0.458 e. The second kappa shape index (κ2) is 39.0. The highest BCUT2D eigenvalue weighted by Gasteiger charge is 2.47. The molecule has 2 rings (SSSR count). The number of ether oxygens (including phenoxy) is 7. The Bertz CT molecular complexity index is 1630. The third-order valence-electron chi connectivity index (χ3n) is 12.6. The Labute approximate surface area is 441 Å². The van der Waals surface area contributed by atoms with E-state index in [0.29, 0.717) is 12.0 Å². The number of aliphatic hydroxyl groups excluding tert-OH is 2. The number of unbranched alkanes of at least 4 members (excludes halogenated alkanes) is 23. The summed E-state index contributed by atoms with van der Waals surface area (Å²) >= 11 is 0. The minimum absolute atomic E-state index is 0.245. The molecule has 1 aliphatic heterocycles. The predicted octanol–water partition coefficient (Wildman–Crippen LogP) is 12.0. The summed E-state index contributed by atoms with van der Waals surface area (Å²) in [6, 6.07) is 7.68. The second-order valence-corrected chi connectivity index (χ2v) is 22.0. The van der Waals surface area contributed by atoms with Crippen LogP contribution in [0.5, 0.6) is 0 Å². The van der Waals surface area contributed by atoms with Crippen molar-refractivity contribution in [1.29, 1.82) is 0 Å². The van der Waals surface area contributed by atoms with Gasteiger partial charge in [0.25, 0.3) is 0 Å². The van der Waals surface area contributed by atoms with E-state index in [0.717, 1.165) is 44.9 Å². The lowest BCUT2D eigenvalue weighted by Gasteiger charge is -2.42. The average molecular weight is 1030 g/mol. The van der Waals surface area contributed by atoms with Crippen LogP contribution in [0.1, 0.15) is 233 Å². The number of amides is 1. The molecular weight excluding hydrogens is 931 g/mol. The van der Waals surface area contributed by atoms with Crippen LogP contribution >= 0.6 is 0 Å². The van der Waals surface area contributed by atoms with E-state index in [1.165, 1.54) is 109 Å². The molecule has 3 N–H and O–H groups in total. The molecule has 1 amide bonds. The first kappa shape index (κ1) is 65.7. The molecule has 0 bridgehead atoms. The molecule has 0 spiro atoms. The van der Waals surface area contributed by atoms with Gasteiger partial charge in [0, 0.05) is 6.42 Å². The van der Waals surface area contributed by atoms with E-state index < -0.39 is 85.2 Å². The fourth-order valence-corrected chi connectivity index (χ4v) is 8.73. The number of carbonyl (C=O) groups is 4. The lowest BCUT2D eigenvalue weighted by Crippen LogP contribution is -2.61. The third kappa shape index (κ3) is 32.6. The minimum atomic E-state index is -1.70. The highest BCUT2D eigenvalue weighted by atomic mass is 16.7. The monoisotopic (exact) mass is 1030 g/mol. The molecule has 0 aliphatic carbocycles. The number of rotatable bonds is 41. The normalized spacial score (nSPS) is 19.1. The van der Waals surface area contributed by atoms with Crippen molar-refractivity contribution in [2.45, 2.75) is 276 Å². The summed E-state index contributed by atoms with van der Waals surface area (Å²) in [6.07, 6.45) is 25.2. The number of hydrogen-bond acceptors (Lipinski definition) is 13. The number of benzene rings is 1. The molecule has 420 valence electrons. The Morgan fingerprint density at radius 3 is 1.62 bits per heavy atom. The maximum absolute atomic E-state index is 13.8. The second-order valence-electron chi connectivity index (χ2n) is 22.0. The van der Waals surface area contributed by atoms with E-state index in [9.17, 15) is 29.4 Å². The SMILES string of the molecule is CCCCCCCCCCCCC/C=C/[C@@H](OC(=O)c1ccccc1)[C@H](CO[C@H]1O[C@H](COCC(=O)OC(C)(C)C)[C@H](OCC(=O)OC(C)(C)C)[C@H](O)[C@H]1O)NC(=O)CCCCCCCCCCCCCCC. The molecule has 0 unspecified atom stereocenters. The lowest BCUT2D eigenvalue weighted by molar-refractivity contribution is -0.310. The molecule has 1 aromatic rings. The van der Waals surface area contributed by atoms with Crippen molar-refractivity contribution in [3.63, 3.8) is 0 Å². The first-order valence-electron chi connectivity index (χ1n) is 28.4. The number of hydrogen-bond donors (Lipinski definition) is 3. The summed E-state index contributed by atoms with van der Waals surface area (Å²) < 4.78 is 40.8. The third-order valence-corrected chi connectivity index (χ3v) is 12.6. The molecule has 73 heavy (non-hydrogen) atoms. The van der Waals surface area contributed by atoms with Gasteiger partial charge in [-0.05, 0) is 79.0 Å². The standard InChI is InChI=1S/C59H101NO13/c1-9-11-13-15-17-19-21-23-25-27-29-31-36-40-48(70-56(66)46-38-34-33-35-39-46)47(60-50(61)41-37-32-30-28-26-24-22-20-18-16-14-12-10-2)42-69-57-54(65)53(64)55(68-45-52(63)73-59(6,7)8)49(71-57)43-67-44-51(62)72-58(3,4)5/h33-36,38-40,47-49,53-55,57,64-65H,9-32,37,41-45H2,1-8H3,(H,60,61)/b40-36+/t47-,48+,49+,53+,54+,55-,57-/m0/s1. The van der Waals surface area contributed by atoms with Crippen molar-refractivity contribution in [3.8, 4) is 0 Å². The predicted molar refractivity (Wildman–Crippen MR) is 287 cm³/mol. The Morgan fingerprint density at radius 1 is 0.630 bits per heavy atom. The molecule has 1 fully saturated rings. The van der Waals surface area contributed by atoms with Gasteiger partial charge in [0.15, 0.2) is 6.29 Å². The molecule has 7 atom stereocenters. The van der Waals surface area contributed by atoms with Crippen molar-refractivity contribution < 1.29 is 62.5 Å². The Balaban J connectivity index is 2.26. The van der Waals surface area contributed by atoms with E-state index in [1.807, 2.05) is 12.1 Å². The molecule has 1 saturated heterocycles. The topological polar surface area (TPSA) is 185 Å². The molecular formula is C59H101NO13. The van der Waals surface area contributed by atoms with Gasteiger partial charge in [0.05, 0.1) is 24.8 Å². The smallest absolute Gasteiger partial charge is 0.338 e. The summed E-state index contributed by atoms with van der Waals surface area (Å²) in [4.78, 5) is 52.7. The quantitative estimate of drug-likeness (QED) is 0.0244. The van der Waals surface area contributed by atoms with Crippen molar-refractivity contribution in [2.24, 2.45) is 0 Å². The summed E-state index contributed by atoms with van der Waals surface area (Å²) in [6.45, 7) is 13.2. The zero-order valence-corrected chi connectivity index (χ0v) is 46.7. The van der Waals surface area contributed by atoms with Gasteiger partial charge >= 0.3 is 17.9 Å². The van der Waals surface area contributed by atoms with E-state index >= 15 is 0 Å². The number of esters is 3. The van der Waals surface area contributed by atoms with Crippen LogP contribution in [-0.4, -0.2) is 115 Å². The summed E-state index contributed by atoms with van der Waals surface area (Å²) in [5.74, 6) is -2.17. The van der Waals surface area contributed by atoms with Crippen LogP contribution in [0.15, 0.2) is 42.5 Å². The van der Waals surface area contributed by atoms with Crippen molar-refractivity contribution >= 4 is 23.8 Å². The van der Waals surface area contributed by atoms with Gasteiger partial charge in [0.1, 0.15) is 54.9 Å². The van der Waals surface area contributed by atoms with E-state index in [4.69, 9.17) is 33.2 Å². The van der Waals surface area contributed by atoms with Crippen LogP contribution in [0.3, 0.4) is 0 Å². The van der Waals surface area contributed by atoms with Crippen LogP contribution < -0.4 is 5.32 Å². The molecule has 0 radical (unpaired) electrons. The number of carbonyl (C=O) groups excluding carboxylic acids is 4. The van der Waals surface area contributed by atoms with Crippen molar-refractivity contribution in [3.05, 3.63) is 48.0 Å². The maximum Gasteiger partial charge on any atom is 0.338 e. The largest absolute Gasteiger partial charge is 0.458 e. The van der Waals surface area contributed by atoms with Gasteiger partial charge in [0.2, 0.25) is 5.91 Å². The van der Waals surface area contributed by atoms with Gasteiger partial charge in [-0.3, -0.25) is 4.79 Å². The first-order valence-corrected chi connectivity index (χ1v) is 28.4. The Morgan fingerprint density at radius 2 is 1.11 bits per heavy atom. The van der Waals surface area contributed by atoms with Gasteiger partial charge in [-0.25, -0.2) is 14.4 Å². The summed E-state index contributed by atoms with van der Waals surface area (Å²) in [5, 5.41) is 26.0. The number of allylic oxidation sites excluding steroid dienone is 1. The molecule has 0 aromatic heterocycles. The van der Waals surface area contributed by atoms with Gasteiger partial charge < -0.3 is 48.7 Å². The van der Waals surface area contributed by atoms with Gasteiger partial charge in [-0.2, -0.15) is 0 Å². The van der Waals surface area contributed by atoms with E-state index in [2.05, 4.69) is 19.2 Å². The molecule has 0 saturated carbocycles. The summed E-state index contributed by atoms with van der Waals surface area (Å²) in [5.41, 5.74) is -1.22. The highest BCUT2D eigenvalue weighted by Crippen LogP contribution is 2.27. The molecule has 1 aliphatic rings. The first-order chi connectivity index (χ1) is 34.9. The van der Waals surface area contributed by atoms with Crippen LogP contribution in [0.4, 0.5) is 0 Å². The Kier molecular flexibility index (Phi) is 35.2. The molecule has 14 nitrogen and oxygen atoms in total. The van der Waals surface area contributed by atoms with E-state index in [-0.39, 0.29) is 25.5 Å². The van der Waals surface area contributed by atoms with E-state index in [1.54, 1.807) is 71.9 Å². The number of nitrogens with one attached hydrogen (secondary N) is 1. The molecule has 14 heteroatoms. The van der Waals surface area contributed by atoms with Crippen LogP contribution in [-0.2, 0) is 47.5 Å². The maximum atomic E-state index is 13.8. The molecule has 1 aromatic carbocycles. The van der Waals surface area contributed by atoms with Crippen molar-refractivity contribution in [2.75, 3.05) is 26.4 Å². The average Bonchev–Trinajstić information content (AvgIpc) is 3.33.